The highest BCUT2D eigenvalue weighted by Gasteiger charge is 2.59. The Morgan fingerprint density at radius 2 is 1.73 bits per heavy atom. The van der Waals surface area contributed by atoms with E-state index in [1.807, 2.05) is 30.5 Å². The number of carbonyl (C=O) groups is 1. The van der Waals surface area contributed by atoms with Crippen molar-refractivity contribution in [3.63, 3.8) is 0 Å². The summed E-state index contributed by atoms with van der Waals surface area (Å²) in [4.78, 5) is 47.4. The Morgan fingerprint density at radius 1 is 1.00 bits per heavy atom. The Hall–Kier alpha value is -6.40. The summed E-state index contributed by atoms with van der Waals surface area (Å²) >= 11 is 0. The maximum Gasteiger partial charge on any atom is 0.438 e. The molecule has 1 saturated carbocycles. The third-order valence-electron chi connectivity index (χ3n) is 14.3. The molecule has 4 aromatic heterocycles. The van der Waals surface area contributed by atoms with Gasteiger partial charge in [-0.05, 0) is 110 Å². The SMILES string of the molecule is CC[S@@](=O)(=NC)c1ccc(-n2ccn(-c3c4c(nn3-c3cc(C)c(F)c(C)c3)CCN(C(=O)c3cc5cc([C@H]6COCC(C)(C)C6)ccc5n3[C@@]3(c5noc(=O)[nH]5)C[C@@H]3C)[C@H]4C)c2=O)c(F)c1. The van der Waals surface area contributed by atoms with Gasteiger partial charge in [-0.1, -0.05) is 38.9 Å². The van der Waals surface area contributed by atoms with Gasteiger partial charge in [0.25, 0.3) is 5.91 Å². The standard InChI is InChI=1S/C49H53F2N9O6S/c1-9-67(64,52-8)35-11-13-39(36(50)22-35)57-16-17-58(47(57)63)43-41-30(5)56(15-14-37(41)54-60(43)34-18-27(2)42(51)28(3)19-34)44(61)40-21-32-20-31(33-24-48(6,7)26-65-25-33)10-12-38(32)59(40)49(23-29(49)4)45-53-46(62)66-55-45/h10-13,16-22,29-30,33H,9,14-15,23-26H2,1-8H3,(H,53,55,62)/t29-,30-,33+,49-,67-/m0/s1. The predicted molar refractivity (Wildman–Crippen MR) is 248 cm³/mol. The second kappa shape index (κ2) is 15.9. The molecule has 0 unspecified atom stereocenters. The molecule has 1 N–H and O–H groups in total. The molecule has 0 bridgehead atoms. The molecule has 350 valence electrons. The Bertz CT molecular complexity index is 3400. The number of fused-ring (bicyclic) bond motifs is 2. The molecule has 0 spiro atoms. The molecule has 2 fully saturated rings. The number of nitrogens with zero attached hydrogens (tertiary/aromatic N) is 8. The monoisotopic (exact) mass is 933 g/mol. The number of hydrogen-bond acceptors (Lipinski definition) is 9. The fraction of sp³-hybridized carbons (Fsp3) is 0.408. The summed E-state index contributed by atoms with van der Waals surface area (Å²) in [6, 6.07) is 14.9. The fourth-order valence-corrected chi connectivity index (χ4v) is 12.0. The first-order valence-electron chi connectivity index (χ1n) is 22.6. The van der Waals surface area contributed by atoms with Crippen LogP contribution >= 0.6 is 0 Å². The smallest absolute Gasteiger partial charge is 0.380 e. The third kappa shape index (κ3) is 7.04. The number of nitrogens with one attached hydrogen (secondary N) is 1. The summed E-state index contributed by atoms with van der Waals surface area (Å²) < 4.78 is 65.7. The number of benzene rings is 3. The van der Waals surface area contributed by atoms with Crippen molar-refractivity contribution in [1.82, 2.24) is 38.5 Å². The molecule has 5 atom stereocenters. The minimum Gasteiger partial charge on any atom is -0.380 e. The minimum absolute atomic E-state index is 0.00360. The van der Waals surface area contributed by atoms with Crippen LogP contribution in [-0.4, -0.2) is 81.2 Å². The maximum absolute atomic E-state index is 16.0. The molecule has 7 aromatic rings. The molecule has 1 saturated heterocycles. The van der Waals surface area contributed by atoms with E-state index < -0.39 is 38.6 Å². The van der Waals surface area contributed by atoms with Gasteiger partial charge in [0, 0.05) is 60.5 Å². The lowest BCUT2D eigenvalue weighted by Crippen LogP contribution is -2.41. The van der Waals surface area contributed by atoms with Crippen molar-refractivity contribution in [2.45, 2.75) is 90.1 Å². The largest absolute Gasteiger partial charge is 0.438 e. The number of halogens is 2. The van der Waals surface area contributed by atoms with Gasteiger partial charge in [0.15, 0.2) is 5.82 Å². The van der Waals surface area contributed by atoms with Gasteiger partial charge < -0.3 is 14.2 Å². The molecule has 18 heteroatoms. The van der Waals surface area contributed by atoms with Crippen LogP contribution in [0.4, 0.5) is 8.78 Å². The molecule has 10 rings (SSSR count). The normalized spacial score (nSPS) is 22.2. The Labute approximate surface area is 385 Å². The van der Waals surface area contributed by atoms with Gasteiger partial charge in [0.05, 0.1) is 50.9 Å². The first-order valence-corrected chi connectivity index (χ1v) is 24.3. The second-order valence-corrected chi connectivity index (χ2v) is 21.9. The van der Waals surface area contributed by atoms with Gasteiger partial charge in [-0.3, -0.25) is 23.4 Å². The molecular formula is C49H53F2N9O6S. The zero-order valence-electron chi connectivity index (χ0n) is 38.7. The molecule has 1 amide bonds. The summed E-state index contributed by atoms with van der Waals surface area (Å²) in [5.41, 5.74) is 3.19. The fourth-order valence-electron chi connectivity index (χ4n) is 10.7. The topological polar surface area (TPSA) is 168 Å². The highest BCUT2D eigenvalue weighted by atomic mass is 32.2. The van der Waals surface area contributed by atoms with Crippen LogP contribution in [0.2, 0.25) is 0 Å². The molecule has 3 aromatic carbocycles. The lowest BCUT2D eigenvalue weighted by molar-refractivity contribution is -0.00187. The number of aromatic amines is 1. The number of hydrogen-bond donors (Lipinski definition) is 1. The quantitative estimate of drug-likeness (QED) is 0.153. The number of rotatable bonds is 9. The first kappa shape index (κ1) is 44.4. The molecular weight excluding hydrogens is 881 g/mol. The van der Waals surface area contributed by atoms with Crippen LogP contribution in [0.15, 0.2) is 90.4 Å². The molecule has 1 aliphatic carbocycles. The van der Waals surface area contributed by atoms with Crippen LogP contribution in [-0.2, 0) is 26.4 Å². The zero-order chi connectivity index (χ0) is 47.5. The zero-order valence-corrected chi connectivity index (χ0v) is 39.5. The summed E-state index contributed by atoms with van der Waals surface area (Å²) in [5.74, 6) is -1.14. The highest BCUT2D eigenvalue weighted by Crippen LogP contribution is 2.56. The maximum atomic E-state index is 16.0. The van der Waals surface area contributed by atoms with E-state index in [0.717, 1.165) is 33.5 Å². The Balaban J connectivity index is 1.11. The van der Waals surface area contributed by atoms with Crippen molar-refractivity contribution >= 4 is 26.5 Å². The van der Waals surface area contributed by atoms with Crippen molar-refractivity contribution in [2.75, 3.05) is 32.6 Å². The highest BCUT2D eigenvalue weighted by molar-refractivity contribution is 7.93. The molecule has 0 radical (unpaired) electrons. The number of ether oxygens (including phenoxy) is 1. The van der Waals surface area contributed by atoms with Gasteiger partial charge >= 0.3 is 11.4 Å². The van der Waals surface area contributed by atoms with E-state index in [2.05, 4.69) is 40.5 Å². The molecule has 3 aliphatic rings. The predicted octanol–water partition coefficient (Wildman–Crippen LogP) is 7.89. The van der Waals surface area contributed by atoms with Gasteiger partial charge in [-0.25, -0.2) is 31.6 Å². The van der Waals surface area contributed by atoms with Crippen LogP contribution in [0.25, 0.3) is 28.1 Å². The lowest BCUT2D eigenvalue weighted by Gasteiger charge is -2.35. The van der Waals surface area contributed by atoms with E-state index in [4.69, 9.17) is 14.4 Å². The second-order valence-electron chi connectivity index (χ2n) is 19.2. The number of carbonyl (C=O) groups excluding carboxylic acids is 1. The Morgan fingerprint density at radius 3 is 2.37 bits per heavy atom. The molecule has 6 heterocycles. The average Bonchev–Trinajstić information content (AvgIpc) is 3.79. The molecule has 2 aliphatic heterocycles. The molecule has 67 heavy (non-hydrogen) atoms. The number of aromatic nitrogens is 7. The lowest BCUT2D eigenvalue weighted by atomic mass is 9.79. The molecule has 15 nitrogen and oxygen atoms in total. The van der Waals surface area contributed by atoms with Crippen molar-refractivity contribution in [3.05, 3.63) is 139 Å². The van der Waals surface area contributed by atoms with E-state index >= 15 is 13.6 Å². The van der Waals surface area contributed by atoms with E-state index in [-0.39, 0.29) is 51.9 Å². The number of aryl methyl sites for hydroxylation is 2. The average molecular weight is 934 g/mol. The van der Waals surface area contributed by atoms with Crippen molar-refractivity contribution in [2.24, 2.45) is 15.7 Å². The van der Waals surface area contributed by atoms with Crippen LogP contribution in [0.3, 0.4) is 0 Å². The van der Waals surface area contributed by atoms with Gasteiger partial charge in [-0.2, -0.15) is 5.10 Å². The van der Waals surface area contributed by atoms with Crippen molar-refractivity contribution in [3.8, 4) is 17.2 Å². The van der Waals surface area contributed by atoms with Crippen LogP contribution < -0.4 is 11.4 Å². The number of imidazole rings is 1. The third-order valence-corrected chi connectivity index (χ3v) is 16.6. The minimum atomic E-state index is -2.85. The van der Waals surface area contributed by atoms with Gasteiger partial charge in [0.2, 0.25) is 0 Å². The summed E-state index contributed by atoms with van der Waals surface area (Å²) in [7, 11) is -1.42. The first-order chi connectivity index (χ1) is 31.9. The van der Waals surface area contributed by atoms with Crippen molar-refractivity contribution in [1.29, 1.82) is 0 Å². The van der Waals surface area contributed by atoms with E-state index in [9.17, 15) is 13.8 Å². The van der Waals surface area contributed by atoms with E-state index in [1.54, 1.807) is 42.5 Å². The van der Waals surface area contributed by atoms with Crippen molar-refractivity contribution < 1.29 is 27.0 Å². The van der Waals surface area contributed by atoms with Crippen LogP contribution in [0.5, 0.6) is 0 Å². The number of amides is 1. The number of H-pyrrole nitrogens is 1. The summed E-state index contributed by atoms with van der Waals surface area (Å²) in [6.45, 7) is 14.9. The Kier molecular flexibility index (Phi) is 10.5. The van der Waals surface area contributed by atoms with E-state index in [0.29, 0.717) is 71.5 Å². The summed E-state index contributed by atoms with van der Waals surface area (Å²) in [6.07, 6.45) is 4.81. The van der Waals surface area contributed by atoms with Crippen LogP contribution in [0.1, 0.15) is 104 Å². The van der Waals surface area contributed by atoms with Crippen LogP contribution in [0, 0.1) is 36.8 Å². The van der Waals surface area contributed by atoms with E-state index in [1.165, 1.54) is 36.1 Å². The summed E-state index contributed by atoms with van der Waals surface area (Å²) in [5, 5.41) is 10.1. The van der Waals surface area contributed by atoms with Gasteiger partial charge in [-0.15, -0.1) is 0 Å². The van der Waals surface area contributed by atoms with Gasteiger partial charge in [0.1, 0.15) is 28.7 Å².